The Kier molecular flexibility index (Phi) is 8.41. The average molecular weight is 674 g/mol. The molecular formula is C21H26N9O13P2+. The fourth-order valence-corrected chi connectivity index (χ4v) is 6.57. The molecule has 0 bridgehead atoms. The number of phosphoric ester groups is 1. The van der Waals surface area contributed by atoms with Crippen molar-refractivity contribution in [2.75, 3.05) is 24.7 Å². The Bertz CT molecular complexity index is 1850. The van der Waals surface area contributed by atoms with E-state index in [0.29, 0.717) is 0 Å². The first-order chi connectivity index (χ1) is 21.4. The molecule has 242 valence electrons. The first kappa shape index (κ1) is 31.5. The standard InChI is InChI=1S/C21H25N9O13P2/c22-7-1-2-26-30-8(3-24-17(7)30)14-13(33)15(42-44(35)36)10(40-14)5-39-45(37,38)43-16-12(32)9(4-31)41-20(16)29-6-25-11-18(29)27-21(23)28-19(11)34/h1-3,6,9-10,12-16,20,31-33H,4-5H2,(H6-,22,23,26,27,28,34,35,36,37,38)/p+1/t9-,10-,12-,13+,14+,15-,16-,20-/m1/s1. The SMILES string of the molecule is Nc1nc2c(ncn2[C@@H]2O[C@H](CO)[C@@H](O)[C@H]2OP(=O)(O)OC[C@H]2O[C@@H](c3cnc4c(N)ccnn34)[C@H](O)[C@@H]2O[P+](=O)O)c(=O)[nH]1. The number of H-pyrrole nitrogens is 1. The number of aromatic amines is 1. The van der Waals surface area contributed by atoms with E-state index >= 15 is 0 Å². The van der Waals surface area contributed by atoms with Crippen molar-refractivity contribution in [3.8, 4) is 0 Å². The van der Waals surface area contributed by atoms with Crippen LogP contribution in [0.15, 0.2) is 29.6 Å². The molecule has 0 spiro atoms. The molecule has 4 aromatic heterocycles. The molecule has 4 aromatic rings. The molecule has 6 heterocycles. The summed E-state index contributed by atoms with van der Waals surface area (Å²) in [5.41, 5.74) is 11.3. The molecule has 2 aliphatic heterocycles. The third-order valence-corrected chi connectivity index (χ3v) is 8.58. The van der Waals surface area contributed by atoms with E-state index in [1.54, 1.807) is 0 Å². The zero-order chi connectivity index (χ0) is 32.2. The quantitative estimate of drug-likeness (QED) is 0.0814. The summed E-state index contributed by atoms with van der Waals surface area (Å²) in [6.45, 7) is -1.56. The van der Waals surface area contributed by atoms with Gasteiger partial charge in [0.15, 0.2) is 29.1 Å². The Morgan fingerprint density at radius 1 is 1.13 bits per heavy atom. The van der Waals surface area contributed by atoms with Gasteiger partial charge in [-0.25, -0.2) is 19.0 Å². The largest absolute Gasteiger partial charge is 0.695 e. The normalized spacial score (nSPS) is 30.3. The molecule has 0 aromatic carbocycles. The summed E-state index contributed by atoms with van der Waals surface area (Å²) in [5, 5.41) is 35.5. The number of fused-ring (bicyclic) bond motifs is 2. The van der Waals surface area contributed by atoms with Crippen LogP contribution in [0.1, 0.15) is 18.0 Å². The zero-order valence-corrected chi connectivity index (χ0v) is 24.4. The highest BCUT2D eigenvalue weighted by Gasteiger charge is 2.53. The van der Waals surface area contributed by atoms with Crippen LogP contribution in [-0.4, -0.2) is 109 Å². The molecule has 10 atom stereocenters. The molecule has 0 amide bonds. The molecule has 24 heteroatoms. The minimum atomic E-state index is -5.16. The predicted octanol–water partition coefficient (Wildman–Crippen LogP) is -2.38. The van der Waals surface area contributed by atoms with Crippen LogP contribution in [0.2, 0.25) is 0 Å². The van der Waals surface area contributed by atoms with Gasteiger partial charge in [-0.05, 0) is 6.07 Å². The lowest BCUT2D eigenvalue weighted by atomic mass is 10.1. The Morgan fingerprint density at radius 2 is 1.91 bits per heavy atom. The molecule has 2 aliphatic rings. The van der Waals surface area contributed by atoms with Crippen LogP contribution >= 0.6 is 16.1 Å². The van der Waals surface area contributed by atoms with Gasteiger partial charge >= 0.3 is 16.1 Å². The third kappa shape index (κ3) is 5.83. The van der Waals surface area contributed by atoms with Crippen molar-refractivity contribution in [2.45, 2.75) is 49.0 Å². The highest BCUT2D eigenvalue weighted by atomic mass is 31.2. The summed E-state index contributed by atoms with van der Waals surface area (Å²) < 4.78 is 53.8. The minimum absolute atomic E-state index is 0.115. The van der Waals surface area contributed by atoms with Crippen molar-refractivity contribution in [3.63, 3.8) is 0 Å². The molecule has 2 fully saturated rings. The number of nitrogens with zero attached hydrogens (tertiary/aromatic N) is 6. The molecule has 10 N–H and O–H groups in total. The second kappa shape index (κ2) is 12.0. The van der Waals surface area contributed by atoms with Crippen molar-refractivity contribution in [2.24, 2.45) is 0 Å². The number of nitrogen functional groups attached to an aromatic ring is 2. The summed E-state index contributed by atoms with van der Waals surface area (Å²) in [5.74, 6) is -0.276. The first-order valence-corrected chi connectivity index (χ1v) is 15.6. The maximum atomic E-state index is 13.1. The number of nitrogens with two attached hydrogens (primary N) is 2. The molecule has 0 saturated carbocycles. The lowest BCUT2D eigenvalue weighted by molar-refractivity contribution is -0.0546. The highest BCUT2D eigenvalue weighted by Crippen LogP contribution is 2.50. The second-order valence-electron chi connectivity index (χ2n) is 9.95. The highest BCUT2D eigenvalue weighted by molar-refractivity contribution is 7.47. The fraction of sp³-hybridized carbons (Fsp3) is 0.476. The van der Waals surface area contributed by atoms with Gasteiger partial charge in [0, 0.05) is 4.57 Å². The van der Waals surface area contributed by atoms with Crippen molar-refractivity contribution >= 4 is 44.5 Å². The van der Waals surface area contributed by atoms with Gasteiger partial charge in [-0.3, -0.25) is 23.4 Å². The van der Waals surface area contributed by atoms with Crippen molar-refractivity contribution < 1.29 is 57.3 Å². The second-order valence-corrected chi connectivity index (χ2v) is 12.0. The number of aliphatic hydroxyl groups is 3. The number of hydrogen-bond acceptors (Lipinski definition) is 17. The van der Waals surface area contributed by atoms with Crippen LogP contribution in [0, 0.1) is 0 Å². The van der Waals surface area contributed by atoms with Gasteiger partial charge < -0.3 is 41.2 Å². The van der Waals surface area contributed by atoms with Crippen LogP contribution in [0.4, 0.5) is 11.6 Å². The van der Waals surface area contributed by atoms with Crippen LogP contribution in [0.25, 0.3) is 16.8 Å². The molecule has 22 nitrogen and oxygen atoms in total. The molecule has 45 heavy (non-hydrogen) atoms. The van der Waals surface area contributed by atoms with Crippen LogP contribution in [0.5, 0.6) is 0 Å². The topological polar surface area (TPSA) is 327 Å². The number of aromatic nitrogens is 7. The fourth-order valence-electron chi connectivity index (χ4n) is 5.17. The van der Waals surface area contributed by atoms with Gasteiger partial charge in [-0.1, -0.05) is 0 Å². The molecule has 0 radical (unpaired) electrons. The van der Waals surface area contributed by atoms with Gasteiger partial charge in [-0.15, -0.1) is 9.42 Å². The summed E-state index contributed by atoms with van der Waals surface area (Å²) in [6.07, 6.45) is -8.23. The number of nitrogens with one attached hydrogen (secondary N) is 1. The summed E-state index contributed by atoms with van der Waals surface area (Å²) in [4.78, 5) is 46.6. The number of rotatable bonds is 10. The van der Waals surface area contributed by atoms with Gasteiger partial charge in [0.1, 0.15) is 36.6 Å². The number of phosphoric acid groups is 1. The number of anilines is 2. The lowest BCUT2D eigenvalue weighted by Gasteiger charge is -2.24. The molecule has 2 saturated heterocycles. The summed E-state index contributed by atoms with van der Waals surface area (Å²) in [6, 6.07) is 1.50. The van der Waals surface area contributed by atoms with Gasteiger partial charge in [0.2, 0.25) is 5.95 Å². The summed E-state index contributed by atoms with van der Waals surface area (Å²) >= 11 is 0. The number of aliphatic hydroxyl groups excluding tert-OH is 3. The lowest BCUT2D eigenvalue weighted by Crippen LogP contribution is -2.36. The molecule has 6 rings (SSSR count). The van der Waals surface area contributed by atoms with Gasteiger partial charge in [0.25, 0.3) is 5.56 Å². The molecule has 0 aliphatic carbocycles. The number of ether oxygens (including phenoxy) is 2. The van der Waals surface area contributed by atoms with Crippen LogP contribution in [0.3, 0.4) is 0 Å². The number of hydrogen-bond donors (Lipinski definition) is 8. The third-order valence-electron chi connectivity index (χ3n) is 7.17. The number of imidazole rings is 2. The maximum Gasteiger partial charge on any atom is 0.695 e. The van der Waals surface area contributed by atoms with E-state index < -0.39 is 83.8 Å². The smallest absolute Gasteiger partial charge is 0.396 e. The Morgan fingerprint density at radius 3 is 2.64 bits per heavy atom. The maximum absolute atomic E-state index is 13.1. The summed E-state index contributed by atoms with van der Waals surface area (Å²) in [7, 11) is -8.44. The van der Waals surface area contributed by atoms with E-state index in [1.807, 2.05) is 0 Å². The van der Waals surface area contributed by atoms with E-state index in [0.717, 1.165) is 10.9 Å². The van der Waals surface area contributed by atoms with Gasteiger partial charge in [-0.2, -0.15) is 10.1 Å². The van der Waals surface area contributed by atoms with Gasteiger partial charge in [0.05, 0.1) is 43.3 Å². The minimum Gasteiger partial charge on any atom is -0.396 e. The van der Waals surface area contributed by atoms with E-state index in [2.05, 4.69) is 25.0 Å². The van der Waals surface area contributed by atoms with E-state index in [-0.39, 0.29) is 34.1 Å². The Balaban J connectivity index is 1.22. The van der Waals surface area contributed by atoms with E-state index in [4.69, 9.17) is 34.5 Å². The van der Waals surface area contributed by atoms with Crippen molar-refractivity contribution in [1.29, 1.82) is 0 Å². The van der Waals surface area contributed by atoms with Crippen molar-refractivity contribution in [1.82, 2.24) is 34.1 Å². The van der Waals surface area contributed by atoms with Crippen LogP contribution in [-0.2, 0) is 32.2 Å². The Labute approximate surface area is 250 Å². The van der Waals surface area contributed by atoms with Crippen LogP contribution < -0.4 is 17.0 Å². The molecule has 2 unspecified atom stereocenters. The monoisotopic (exact) mass is 674 g/mol. The van der Waals surface area contributed by atoms with E-state index in [9.17, 15) is 39.0 Å². The van der Waals surface area contributed by atoms with Crippen molar-refractivity contribution in [3.05, 3.63) is 40.8 Å². The average Bonchev–Trinajstić information content (AvgIpc) is 3.73. The molecular weight excluding hydrogens is 648 g/mol. The Hall–Kier alpha value is -3.50. The zero-order valence-electron chi connectivity index (χ0n) is 22.6. The predicted molar refractivity (Wildman–Crippen MR) is 146 cm³/mol. The van der Waals surface area contributed by atoms with E-state index in [1.165, 1.54) is 23.0 Å². The first-order valence-electron chi connectivity index (χ1n) is 13.0.